The van der Waals surface area contributed by atoms with Crippen molar-refractivity contribution < 1.29 is 19.1 Å². The van der Waals surface area contributed by atoms with E-state index < -0.39 is 11.9 Å². The summed E-state index contributed by atoms with van der Waals surface area (Å²) < 4.78 is 11.0. The van der Waals surface area contributed by atoms with E-state index in [9.17, 15) is 9.59 Å². The van der Waals surface area contributed by atoms with Crippen LogP contribution in [0.4, 0.5) is 4.79 Å². The standard InChI is InChI=1S/C14H16N2O4/c1-8(2)20-12-9(5-4-6-11(12)19-3)7-10-13(17)16-14(18)15-10/h4-8H,1-3H3,(H2,15,16,17,18)/b10-7-. The van der Waals surface area contributed by atoms with Crippen LogP contribution in [0.5, 0.6) is 11.5 Å². The molecular weight excluding hydrogens is 260 g/mol. The third kappa shape index (κ3) is 2.90. The van der Waals surface area contributed by atoms with Crippen LogP contribution in [0, 0.1) is 0 Å². The molecule has 0 unspecified atom stereocenters. The molecule has 0 radical (unpaired) electrons. The second kappa shape index (κ2) is 5.64. The first-order valence-electron chi connectivity index (χ1n) is 6.19. The molecule has 0 saturated carbocycles. The zero-order valence-electron chi connectivity index (χ0n) is 11.5. The predicted molar refractivity (Wildman–Crippen MR) is 73.4 cm³/mol. The molecule has 106 valence electrons. The molecule has 1 fully saturated rings. The molecule has 1 aliphatic heterocycles. The van der Waals surface area contributed by atoms with Crippen molar-refractivity contribution in [2.75, 3.05) is 7.11 Å². The van der Waals surface area contributed by atoms with Gasteiger partial charge in [-0.1, -0.05) is 12.1 Å². The van der Waals surface area contributed by atoms with E-state index in [-0.39, 0.29) is 11.8 Å². The summed E-state index contributed by atoms with van der Waals surface area (Å²) in [4.78, 5) is 22.6. The third-order valence-electron chi connectivity index (χ3n) is 2.60. The molecular formula is C14H16N2O4. The van der Waals surface area contributed by atoms with Crippen LogP contribution in [-0.2, 0) is 4.79 Å². The van der Waals surface area contributed by atoms with Crippen LogP contribution in [0.3, 0.4) is 0 Å². The van der Waals surface area contributed by atoms with Gasteiger partial charge in [0.2, 0.25) is 0 Å². The Morgan fingerprint density at radius 2 is 1.95 bits per heavy atom. The number of methoxy groups -OCH3 is 1. The van der Waals surface area contributed by atoms with E-state index in [4.69, 9.17) is 9.47 Å². The molecule has 1 saturated heterocycles. The van der Waals surface area contributed by atoms with Gasteiger partial charge >= 0.3 is 6.03 Å². The van der Waals surface area contributed by atoms with Crippen LogP contribution in [0.2, 0.25) is 0 Å². The first-order valence-corrected chi connectivity index (χ1v) is 6.19. The highest BCUT2D eigenvalue weighted by molar-refractivity contribution is 6.14. The molecule has 2 rings (SSSR count). The Balaban J connectivity index is 2.43. The van der Waals surface area contributed by atoms with Gasteiger partial charge in [0.25, 0.3) is 5.91 Å². The van der Waals surface area contributed by atoms with E-state index in [0.717, 1.165) is 0 Å². The topological polar surface area (TPSA) is 76.7 Å². The van der Waals surface area contributed by atoms with Crippen molar-refractivity contribution in [2.45, 2.75) is 20.0 Å². The summed E-state index contributed by atoms with van der Waals surface area (Å²) in [5, 5.41) is 4.58. The Bertz CT molecular complexity index is 579. The monoisotopic (exact) mass is 276 g/mol. The maximum Gasteiger partial charge on any atom is 0.326 e. The Morgan fingerprint density at radius 3 is 2.50 bits per heavy atom. The van der Waals surface area contributed by atoms with Crippen molar-refractivity contribution in [1.29, 1.82) is 0 Å². The zero-order chi connectivity index (χ0) is 14.7. The summed E-state index contributed by atoms with van der Waals surface area (Å²) in [5.41, 5.74) is 0.835. The van der Waals surface area contributed by atoms with Gasteiger partial charge in [-0.05, 0) is 26.0 Å². The maximum atomic E-state index is 11.5. The summed E-state index contributed by atoms with van der Waals surface area (Å²) in [7, 11) is 1.55. The number of hydrogen-bond donors (Lipinski definition) is 2. The molecule has 0 aromatic heterocycles. The van der Waals surface area contributed by atoms with Crippen LogP contribution >= 0.6 is 0 Å². The van der Waals surface area contributed by atoms with Crippen LogP contribution in [0.25, 0.3) is 6.08 Å². The predicted octanol–water partition coefficient (Wildman–Crippen LogP) is 1.66. The molecule has 0 atom stereocenters. The third-order valence-corrected chi connectivity index (χ3v) is 2.60. The zero-order valence-corrected chi connectivity index (χ0v) is 11.5. The second-order valence-corrected chi connectivity index (χ2v) is 4.51. The molecule has 20 heavy (non-hydrogen) atoms. The molecule has 3 amide bonds. The van der Waals surface area contributed by atoms with E-state index in [1.54, 1.807) is 31.4 Å². The maximum absolute atomic E-state index is 11.5. The Hall–Kier alpha value is -2.50. The van der Waals surface area contributed by atoms with E-state index >= 15 is 0 Å². The number of carbonyl (C=O) groups is 2. The quantitative estimate of drug-likeness (QED) is 0.647. The first kappa shape index (κ1) is 13.9. The number of para-hydroxylation sites is 1. The fourth-order valence-corrected chi connectivity index (χ4v) is 1.81. The minimum Gasteiger partial charge on any atom is -0.493 e. The van der Waals surface area contributed by atoms with Gasteiger partial charge in [0, 0.05) is 5.56 Å². The fraction of sp³-hybridized carbons (Fsp3) is 0.286. The number of rotatable bonds is 4. The van der Waals surface area contributed by atoms with E-state index in [2.05, 4.69) is 10.6 Å². The van der Waals surface area contributed by atoms with Gasteiger partial charge in [-0.25, -0.2) is 4.79 Å². The SMILES string of the molecule is COc1cccc(/C=C2\NC(=O)NC2=O)c1OC(C)C. The van der Waals surface area contributed by atoms with Crippen molar-refractivity contribution in [3.8, 4) is 11.5 Å². The summed E-state index contributed by atoms with van der Waals surface area (Å²) in [6.07, 6.45) is 1.51. The van der Waals surface area contributed by atoms with Crippen molar-refractivity contribution in [3.63, 3.8) is 0 Å². The Morgan fingerprint density at radius 1 is 1.20 bits per heavy atom. The summed E-state index contributed by atoms with van der Waals surface area (Å²) in [5.74, 6) is 0.637. The van der Waals surface area contributed by atoms with Crippen molar-refractivity contribution in [3.05, 3.63) is 29.5 Å². The number of carbonyl (C=O) groups excluding carboxylic acids is 2. The highest BCUT2D eigenvalue weighted by Gasteiger charge is 2.23. The lowest BCUT2D eigenvalue weighted by molar-refractivity contribution is -0.115. The van der Waals surface area contributed by atoms with Gasteiger partial charge in [-0.15, -0.1) is 0 Å². The molecule has 0 spiro atoms. The first-order chi connectivity index (χ1) is 9.51. The lowest BCUT2D eigenvalue weighted by atomic mass is 10.1. The lowest BCUT2D eigenvalue weighted by Gasteiger charge is -2.16. The van der Waals surface area contributed by atoms with Crippen LogP contribution in [0.15, 0.2) is 23.9 Å². The fourth-order valence-electron chi connectivity index (χ4n) is 1.81. The number of amides is 3. The normalized spacial score (nSPS) is 16.3. The minimum atomic E-state index is -0.532. The van der Waals surface area contributed by atoms with Crippen molar-refractivity contribution >= 4 is 18.0 Å². The molecule has 1 aromatic rings. The number of benzene rings is 1. The van der Waals surface area contributed by atoms with Crippen molar-refractivity contribution in [1.82, 2.24) is 10.6 Å². The lowest BCUT2D eigenvalue weighted by Crippen LogP contribution is -2.22. The van der Waals surface area contributed by atoms with Gasteiger partial charge in [0.15, 0.2) is 11.5 Å². The van der Waals surface area contributed by atoms with Gasteiger partial charge in [0.1, 0.15) is 5.70 Å². The number of nitrogens with one attached hydrogen (secondary N) is 2. The summed E-state index contributed by atoms with van der Waals surface area (Å²) >= 11 is 0. The van der Waals surface area contributed by atoms with Crippen LogP contribution in [-0.4, -0.2) is 25.2 Å². The van der Waals surface area contributed by atoms with E-state index in [1.807, 2.05) is 13.8 Å². The number of urea groups is 1. The molecule has 1 aliphatic rings. The van der Waals surface area contributed by atoms with Gasteiger partial charge in [0.05, 0.1) is 13.2 Å². The number of ether oxygens (including phenoxy) is 2. The van der Waals surface area contributed by atoms with Crippen LogP contribution < -0.4 is 20.1 Å². The average Bonchev–Trinajstić information content (AvgIpc) is 2.69. The van der Waals surface area contributed by atoms with Crippen molar-refractivity contribution in [2.24, 2.45) is 0 Å². The molecule has 0 bridgehead atoms. The summed E-state index contributed by atoms with van der Waals surface area (Å²) in [6, 6.07) is 4.81. The molecule has 2 N–H and O–H groups in total. The second-order valence-electron chi connectivity index (χ2n) is 4.51. The van der Waals surface area contributed by atoms with E-state index in [1.165, 1.54) is 0 Å². The summed E-state index contributed by atoms with van der Waals surface area (Å²) in [6.45, 7) is 3.79. The highest BCUT2D eigenvalue weighted by atomic mass is 16.5. The molecule has 1 heterocycles. The number of hydrogen-bond acceptors (Lipinski definition) is 4. The van der Waals surface area contributed by atoms with Gasteiger partial charge in [-0.2, -0.15) is 0 Å². The molecule has 0 aliphatic carbocycles. The largest absolute Gasteiger partial charge is 0.493 e. The Kier molecular flexibility index (Phi) is 3.93. The molecule has 1 aromatic carbocycles. The minimum absolute atomic E-state index is 0.0459. The number of imide groups is 1. The highest BCUT2D eigenvalue weighted by Crippen LogP contribution is 2.33. The average molecular weight is 276 g/mol. The Labute approximate surface area is 116 Å². The van der Waals surface area contributed by atoms with Gasteiger partial charge in [-0.3, -0.25) is 10.1 Å². The van der Waals surface area contributed by atoms with E-state index in [0.29, 0.717) is 17.1 Å². The van der Waals surface area contributed by atoms with Crippen LogP contribution in [0.1, 0.15) is 19.4 Å². The molecule has 6 nitrogen and oxygen atoms in total. The van der Waals surface area contributed by atoms with Gasteiger partial charge < -0.3 is 14.8 Å². The smallest absolute Gasteiger partial charge is 0.326 e. The molecule has 6 heteroatoms.